The number of hydrogen-bond acceptors (Lipinski definition) is 3. The Balaban J connectivity index is 2.31. The quantitative estimate of drug-likeness (QED) is 0.524. The molecule has 1 amide bonds. The zero-order valence-electron chi connectivity index (χ0n) is 6.97. The first kappa shape index (κ1) is 9.88. The van der Waals surface area contributed by atoms with Crippen LogP contribution in [0.4, 0.5) is 13.6 Å². The Morgan fingerprint density at radius 2 is 2.15 bits per heavy atom. The van der Waals surface area contributed by atoms with Crippen molar-refractivity contribution in [2.24, 2.45) is 5.92 Å². The third kappa shape index (κ3) is 2.37. The molecular formula is C7H9F2NO3. The molecule has 4 nitrogen and oxygen atoms in total. The Bertz CT molecular complexity index is 242. The van der Waals surface area contributed by atoms with Gasteiger partial charge in [0.25, 0.3) is 5.92 Å². The molecule has 13 heavy (non-hydrogen) atoms. The second-order valence-corrected chi connectivity index (χ2v) is 2.76. The first-order chi connectivity index (χ1) is 5.97. The highest BCUT2D eigenvalue weighted by molar-refractivity contribution is 5.88. The van der Waals surface area contributed by atoms with Crippen molar-refractivity contribution in [1.29, 1.82) is 0 Å². The van der Waals surface area contributed by atoms with Gasteiger partial charge in [0.1, 0.15) is 5.92 Å². The Kier molecular flexibility index (Phi) is 2.49. The first-order valence-corrected chi connectivity index (χ1v) is 3.84. The molecule has 0 aromatic rings. The van der Waals surface area contributed by atoms with E-state index in [1.165, 1.54) is 0 Å². The van der Waals surface area contributed by atoms with Gasteiger partial charge in [-0.15, -0.1) is 0 Å². The standard InChI is InChI=1S/C7H9F2NO3/c1-2-10-6(12)13-5(11)4-3-7(4,8)9/h4H,2-3H2,1H3,(H,10,12)/t4-/m1/s1. The molecule has 1 rings (SSSR count). The van der Waals surface area contributed by atoms with Crippen LogP contribution >= 0.6 is 0 Å². The van der Waals surface area contributed by atoms with Crippen molar-refractivity contribution in [3.05, 3.63) is 0 Å². The minimum absolute atomic E-state index is 0.285. The van der Waals surface area contributed by atoms with Crippen LogP contribution in [0.3, 0.4) is 0 Å². The predicted molar refractivity (Wildman–Crippen MR) is 38.2 cm³/mol. The largest absolute Gasteiger partial charge is 0.414 e. The van der Waals surface area contributed by atoms with Gasteiger partial charge in [0.05, 0.1) is 0 Å². The van der Waals surface area contributed by atoms with E-state index in [1.807, 2.05) is 0 Å². The van der Waals surface area contributed by atoms with Crippen LogP contribution < -0.4 is 5.32 Å². The summed E-state index contributed by atoms with van der Waals surface area (Å²) in [6, 6.07) is 0. The molecule has 1 N–H and O–H groups in total. The van der Waals surface area contributed by atoms with Crippen molar-refractivity contribution in [3.8, 4) is 0 Å². The molecule has 0 aromatic heterocycles. The number of nitrogens with one attached hydrogen (secondary N) is 1. The van der Waals surface area contributed by atoms with Crippen molar-refractivity contribution >= 4 is 12.1 Å². The van der Waals surface area contributed by atoms with E-state index >= 15 is 0 Å². The zero-order chi connectivity index (χ0) is 10.1. The SMILES string of the molecule is CCNC(=O)OC(=O)[C@H]1CC1(F)F. The second-order valence-electron chi connectivity index (χ2n) is 2.76. The minimum atomic E-state index is -2.98. The van der Waals surface area contributed by atoms with E-state index in [9.17, 15) is 18.4 Å². The highest BCUT2D eigenvalue weighted by Crippen LogP contribution is 2.49. The molecule has 0 aromatic carbocycles. The van der Waals surface area contributed by atoms with Crippen molar-refractivity contribution in [2.45, 2.75) is 19.3 Å². The number of rotatable bonds is 2. The predicted octanol–water partition coefficient (Wildman–Crippen LogP) is 0.914. The molecule has 1 aliphatic rings. The molecule has 0 heterocycles. The van der Waals surface area contributed by atoms with Crippen LogP contribution in [0.2, 0.25) is 0 Å². The van der Waals surface area contributed by atoms with Gasteiger partial charge in [0.15, 0.2) is 0 Å². The highest BCUT2D eigenvalue weighted by atomic mass is 19.3. The number of hydrogen-bond donors (Lipinski definition) is 1. The number of esters is 1. The summed E-state index contributed by atoms with van der Waals surface area (Å²) in [5.41, 5.74) is 0. The molecular weight excluding hydrogens is 184 g/mol. The maximum Gasteiger partial charge on any atom is 0.414 e. The fourth-order valence-electron chi connectivity index (χ4n) is 0.812. The Morgan fingerprint density at radius 3 is 2.54 bits per heavy atom. The van der Waals surface area contributed by atoms with Crippen LogP contribution in [-0.2, 0) is 9.53 Å². The summed E-state index contributed by atoms with van der Waals surface area (Å²) in [5, 5.41) is 2.16. The second kappa shape index (κ2) is 3.27. The highest BCUT2D eigenvalue weighted by Gasteiger charge is 2.62. The number of ether oxygens (including phenoxy) is 1. The summed E-state index contributed by atoms with van der Waals surface area (Å²) in [7, 11) is 0. The van der Waals surface area contributed by atoms with Crippen molar-refractivity contribution in [1.82, 2.24) is 5.32 Å². The number of halogens is 2. The fraction of sp³-hybridized carbons (Fsp3) is 0.714. The van der Waals surface area contributed by atoms with Gasteiger partial charge in [-0.3, -0.25) is 4.79 Å². The van der Waals surface area contributed by atoms with Crippen LogP contribution in [0.25, 0.3) is 0 Å². The molecule has 1 fully saturated rings. The van der Waals surface area contributed by atoms with Gasteiger partial charge in [-0.2, -0.15) is 0 Å². The summed E-state index contributed by atoms with van der Waals surface area (Å²) < 4.78 is 28.6. The molecule has 1 atom stereocenters. The molecule has 0 aliphatic heterocycles. The van der Waals surface area contributed by atoms with E-state index in [0.717, 1.165) is 0 Å². The zero-order valence-corrected chi connectivity index (χ0v) is 6.97. The molecule has 0 unspecified atom stereocenters. The minimum Gasteiger partial charge on any atom is -0.376 e. The van der Waals surface area contributed by atoms with Gasteiger partial charge < -0.3 is 10.1 Å². The number of alkyl carbamates (subject to hydrolysis) is 1. The maximum atomic E-state index is 12.3. The lowest BCUT2D eigenvalue weighted by Gasteiger charge is -2.01. The van der Waals surface area contributed by atoms with Gasteiger partial charge in [-0.25, -0.2) is 13.6 Å². The van der Waals surface area contributed by atoms with Crippen LogP contribution in [-0.4, -0.2) is 24.5 Å². The van der Waals surface area contributed by atoms with Gasteiger partial charge in [-0.05, 0) is 6.92 Å². The molecule has 74 valence electrons. The summed E-state index contributed by atoms with van der Waals surface area (Å²) in [4.78, 5) is 21.3. The first-order valence-electron chi connectivity index (χ1n) is 3.84. The number of amides is 1. The third-order valence-electron chi connectivity index (χ3n) is 1.62. The van der Waals surface area contributed by atoms with Gasteiger partial charge in [0, 0.05) is 13.0 Å². The average Bonchev–Trinajstić information content (AvgIpc) is 2.60. The summed E-state index contributed by atoms with van der Waals surface area (Å²) in [5.74, 6) is -5.57. The molecule has 1 saturated carbocycles. The number of carbonyl (C=O) groups excluding carboxylic acids is 2. The topological polar surface area (TPSA) is 55.4 Å². The summed E-state index contributed by atoms with van der Waals surface area (Å²) in [6.45, 7) is 1.91. The Hall–Kier alpha value is -1.20. The monoisotopic (exact) mass is 193 g/mol. The van der Waals surface area contributed by atoms with Crippen molar-refractivity contribution < 1.29 is 23.1 Å². The lowest BCUT2D eigenvalue weighted by atomic mass is 10.4. The molecule has 1 aliphatic carbocycles. The number of alkyl halides is 2. The van der Waals surface area contributed by atoms with Gasteiger partial charge in [0.2, 0.25) is 0 Å². The average molecular weight is 193 g/mol. The van der Waals surface area contributed by atoms with Crippen LogP contribution in [0.1, 0.15) is 13.3 Å². The van der Waals surface area contributed by atoms with E-state index in [1.54, 1.807) is 6.92 Å². The van der Waals surface area contributed by atoms with E-state index in [-0.39, 0.29) is 6.54 Å². The van der Waals surface area contributed by atoms with Crippen LogP contribution in [0.5, 0.6) is 0 Å². The van der Waals surface area contributed by atoms with Crippen molar-refractivity contribution in [3.63, 3.8) is 0 Å². The molecule has 0 radical (unpaired) electrons. The summed E-state index contributed by atoms with van der Waals surface area (Å²) in [6.07, 6.45) is -1.50. The molecule has 0 spiro atoms. The van der Waals surface area contributed by atoms with E-state index in [4.69, 9.17) is 0 Å². The van der Waals surface area contributed by atoms with E-state index < -0.39 is 30.3 Å². The lowest BCUT2D eigenvalue weighted by molar-refractivity contribution is -0.141. The van der Waals surface area contributed by atoms with Gasteiger partial charge >= 0.3 is 12.1 Å². The molecule has 0 saturated heterocycles. The molecule has 6 heteroatoms. The third-order valence-corrected chi connectivity index (χ3v) is 1.62. The maximum absolute atomic E-state index is 12.3. The molecule has 0 bridgehead atoms. The van der Waals surface area contributed by atoms with Crippen LogP contribution in [0.15, 0.2) is 0 Å². The van der Waals surface area contributed by atoms with Crippen LogP contribution in [0, 0.1) is 5.92 Å². The number of carbonyl (C=O) groups is 2. The van der Waals surface area contributed by atoms with E-state index in [0.29, 0.717) is 0 Å². The fourth-order valence-corrected chi connectivity index (χ4v) is 0.812. The van der Waals surface area contributed by atoms with Gasteiger partial charge in [-0.1, -0.05) is 0 Å². The lowest BCUT2D eigenvalue weighted by Crippen LogP contribution is -2.27. The van der Waals surface area contributed by atoms with Crippen molar-refractivity contribution in [2.75, 3.05) is 6.54 Å². The smallest absolute Gasteiger partial charge is 0.376 e. The Morgan fingerprint density at radius 1 is 1.62 bits per heavy atom. The summed E-state index contributed by atoms with van der Waals surface area (Å²) >= 11 is 0. The normalized spacial score (nSPS) is 23.5. The Labute approximate surface area is 73.2 Å². The van der Waals surface area contributed by atoms with E-state index in [2.05, 4.69) is 10.1 Å².